The highest BCUT2D eigenvalue weighted by atomic mass is 32.1. The van der Waals surface area contributed by atoms with E-state index < -0.39 is 17.4 Å². The van der Waals surface area contributed by atoms with Crippen molar-refractivity contribution in [2.75, 3.05) is 12.3 Å². The fourth-order valence-corrected chi connectivity index (χ4v) is 6.53. The number of carboxylic acid groups (broad SMARTS) is 1. The molecule has 3 unspecified atom stereocenters. The summed E-state index contributed by atoms with van der Waals surface area (Å²) in [6.45, 7) is 17.1. The second-order valence-corrected chi connectivity index (χ2v) is 14.8. The molecule has 252 valence electrons. The predicted octanol–water partition coefficient (Wildman–Crippen LogP) is 7.93. The average Bonchev–Trinajstić information content (AvgIpc) is 3.48. The van der Waals surface area contributed by atoms with Crippen LogP contribution in [-0.2, 0) is 16.0 Å². The summed E-state index contributed by atoms with van der Waals surface area (Å²) in [5.41, 5.74) is 6.77. The highest BCUT2D eigenvalue weighted by molar-refractivity contribution is 7.09. The molecule has 0 fully saturated rings. The van der Waals surface area contributed by atoms with E-state index in [-0.39, 0.29) is 36.1 Å². The number of amides is 2. The van der Waals surface area contributed by atoms with Gasteiger partial charge in [0.05, 0.1) is 10.4 Å². The number of nitrogens with one attached hydrogen (secondary N) is 1. The Bertz CT molecular complexity index is 1210. The maximum Gasteiger partial charge on any atom is 0.309 e. The number of thiazole rings is 1. The van der Waals surface area contributed by atoms with Crippen LogP contribution < -0.4 is 11.1 Å². The first-order valence-electron chi connectivity index (χ1n) is 16.8. The number of unbranched alkanes of at least 4 members (excludes halogenated alkanes) is 3. The van der Waals surface area contributed by atoms with Crippen LogP contribution in [0, 0.1) is 17.3 Å². The van der Waals surface area contributed by atoms with Gasteiger partial charge in [0.2, 0.25) is 5.91 Å². The number of hydrogen-bond acceptors (Lipinski definition) is 6. The highest BCUT2D eigenvalue weighted by Gasteiger charge is 2.33. The smallest absolute Gasteiger partial charge is 0.309 e. The van der Waals surface area contributed by atoms with Gasteiger partial charge in [-0.2, -0.15) is 0 Å². The summed E-state index contributed by atoms with van der Waals surface area (Å²) in [6, 6.07) is 7.09. The van der Waals surface area contributed by atoms with Crippen molar-refractivity contribution in [3.63, 3.8) is 0 Å². The van der Waals surface area contributed by atoms with Crippen molar-refractivity contribution in [2.24, 2.45) is 17.3 Å². The van der Waals surface area contributed by atoms with Crippen LogP contribution in [0.15, 0.2) is 29.6 Å². The lowest BCUT2D eigenvalue weighted by atomic mass is 9.84. The normalized spacial score (nSPS) is 14.5. The fraction of sp³-hybridized carbons (Fsp3) is 0.667. The summed E-state index contributed by atoms with van der Waals surface area (Å²) in [5, 5.41) is 15.5. The Morgan fingerprint density at radius 3 is 2.29 bits per heavy atom. The number of benzene rings is 1. The number of aliphatic carboxylic acids is 1. The van der Waals surface area contributed by atoms with Crippen molar-refractivity contribution in [1.29, 1.82) is 0 Å². The number of nitrogen functional groups attached to an aromatic ring is 1. The number of hydrogen-bond donors (Lipinski definition) is 3. The number of rotatable bonds is 20. The van der Waals surface area contributed by atoms with Crippen molar-refractivity contribution < 1.29 is 19.5 Å². The van der Waals surface area contributed by atoms with Gasteiger partial charge in [-0.3, -0.25) is 14.4 Å². The molecule has 0 bridgehead atoms. The zero-order valence-electron chi connectivity index (χ0n) is 28.9. The van der Waals surface area contributed by atoms with Gasteiger partial charge in [0.1, 0.15) is 5.69 Å². The molecule has 0 radical (unpaired) electrons. The van der Waals surface area contributed by atoms with Crippen LogP contribution in [0.3, 0.4) is 0 Å². The molecule has 0 aliphatic heterocycles. The molecule has 2 aromatic rings. The number of nitrogens with two attached hydrogens (primary N) is 1. The van der Waals surface area contributed by atoms with Crippen molar-refractivity contribution in [3.05, 3.63) is 45.9 Å². The Labute approximate surface area is 275 Å². The van der Waals surface area contributed by atoms with Gasteiger partial charge < -0.3 is 21.1 Å². The van der Waals surface area contributed by atoms with Crippen LogP contribution in [0.4, 0.5) is 5.69 Å². The number of carboxylic acids is 1. The minimum absolute atomic E-state index is 0.0648. The number of carbonyl (C=O) groups excluding carboxylic acids is 2. The average molecular weight is 643 g/mol. The Morgan fingerprint density at radius 1 is 1.04 bits per heavy atom. The van der Waals surface area contributed by atoms with Gasteiger partial charge >= 0.3 is 5.97 Å². The van der Waals surface area contributed by atoms with Crippen LogP contribution >= 0.6 is 11.3 Å². The lowest BCUT2D eigenvalue weighted by molar-refractivity contribution is -0.147. The van der Waals surface area contributed by atoms with E-state index in [1.165, 1.54) is 17.8 Å². The quantitative estimate of drug-likeness (QED) is 0.0995. The van der Waals surface area contributed by atoms with Crippen molar-refractivity contribution in [2.45, 2.75) is 131 Å². The monoisotopic (exact) mass is 642 g/mol. The summed E-state index contributed by atoms with van der Waals surface area (Å²) in [5.74, 6) is -0.282. The fourth-order valence-electron chi connectivity index (χ4n) is 5.66. The topological polar surface area (TPSA) is 126 Å². The first-order valence-corrected chi connectivity index (χ1v) is 17.7. The molecule has 1 heterocycles. The first-order chi connectivity index (χ1) is 21.2. The molecular formula is C36H58N4O4S. The number of nitrogens with zero attached hydrogens (tertiary/aromatic N) is 2. The summed E-state index contributed by atoms with van der Waals surface area (Å²) < 4.78 is 0. The zero-order valence-corrected chi connectivity index (χ0v) is 29.7. The third kappa shape index (κ3) is 12.4. The Kier molecular flexibility index (Phi) is 15.5. The van der Waals surface area contributed by atoms with E-state index in [1.807, 2.05) is 12.1 Å². The summed E-state index contributed by atoms with van der Waals surface area (Å²) in [7, 11) is 0. The lowest BCUT2D eigenvalue weighted by Crippen LogP contribution is -2.45. The second-order valence-electron chi connectivity index (χ2n) is 13.9. The SMILES string of the molecule is CCCCCCN(C(=O)C[C@@H](C)CC)C(CC(C)c1nc(C(=O)NC(Cc2ccc(N)cc2)CC(C)(C)C(=O)O)cs1)C(C)C. The molecular weight excluding hydrogens is 584 g/mol. The van der Waals surface area contributed by atoms with Gasteiger partial charge in [0, 0.05) is 42.0 Å². The summed E-state index contributed by atoms with van der Waals surface area (Å²) in [4.78, 5) is 45.8. The minimum Gasteiger partial charge on any atom is -0.481 e. The maximum atomic E-state index is 13.5. The van der Waals surface area contributed by atoms with Crippen molar-refractivity contribution in [1.82, 2.24) is 15.2 Å². The standard InChI is InChI=1S/C36H58N4O4S/c1-9-11-12-13-18-40(32(41)19-25(5)10-2)31(24(3)4)20-26(6)34-39-30(23-45-34)33(42)38-29(22-36(7,8)35(43)44)21-27-14-16-28(37)17-15-27/h14-17,23-26,29,31H,9-13,18-22,37H2,1-8H3,(H,38,42)(H,43,44)/t25-,26?,29?,31?/m0/s1. The summed E-state index contributed by atoms with van der Waals surface area (Å²) in [6.07, 6.45) is 7.54. The van der Waals surface area contributed by atoms with Gasteiger partial charge in [-0.05, 0) is 69.1 Å². The third-order valence-electron chi connectivity index (χ3n) is 8.87. The van der Waals surface area contributed by atoms with E-state index in [1.54, 1.807) is 31.4 Å². The summed E-state index contributed by atoms with van der Waals surface area (Å²) >= 11 is 1.47. The van der Waals surface area contributed by atoms with Gasteiger partial charge in [-0.1, -0.05) is 79.4 Å². The van der Waals surface area contributed by atoms with Crippen LogP contribution in [0.2, 0.25) is 0 Å². The first kappa shape index (κ1) is 38.2. The van der Waals surface area contributed by atoms with Gasteiger partial charge in [0.15, 0.2) is 0 Å². The zero-order chi connectivity index (χ0) is 33.7. The molecule has 9 heteroatoms. The van der Waals surface area contributed by atoms with E-state index in [2.05, 4.69) is 51.8 Å². The van der Waals surface area contributed by atoms with E-state index in [9.17, 15) is 19.5 Å². The van der Waals surface area contributed by atoms with Crippen molar-refractivity contribution in [3.8, 4) is 0 Å². The number of aromatic nitrogens is 1. The molecule has 2 rings (SSSR count). The van der Waals surface area contributed by atoms with Crippen LogP contribution in [-0.4, -0.2) is 51.4 Å². The van der Waals surface area contributed by atoms with E-state index in [0.29, 0.717) is 30.1 Å². The van der Waals surface area contributed by atoms with E-state index in [4.69, 9.17) is 10.7 Å². The molecule has 4 atom stereocenters. The van der Waals surface area contributed by atoms with E-state index >= 15 is 0 Å². The van der Waals surface area contributed by atoms with Crippen molar-refractivity contribution >= 4 is 34.8 Å². The van der Waals surface area contributed by atoms with Crippen LogP contribution in [0.1, 0.15) is 134 Å². The van der Waals surface area contributed by atoms with Gasteiger partial charge in [0.25, 0.3) is 5.91 Å². The Hall–Kier alpha value is -2.94. The molecule has 45 heavy (non-hydrogen) atoms. The number of carbonyl (C=O) groups is 3. The van der Waals surface area contributed by atoms with E-state index in [0.717, 1.165) is 49.2 Å². The Balaban J connectivity index is 2.21. The second kappa shape index (κ2) is 18.3. The molecule has 0 saturated carbocycles. The molecule has 0 aliphatic carbocycles. The molecule has 1 aromatic heterocycles. The maximum absolute atomic E-state index is 13.5. The molecule has 4 N–H and O–H groups in total. The van der Waals surface area contributed by atoms with Gasteiger partial charge in [-0.15, -0.1) is 11.3 Å². The molecule has 8 nitrogen and oxygen atoms in total. The lowest BCUT2D eigenvalue weighted by Gasteiger charge is -2.37. The molecule has 1 aromatic carbocycles. The molecule has 0 saturated heterocycles. The number of anilines is 1. The third-order valence-corrected chi connectivity index (χ3v) is 9.94. The molecule has 0 spiro atoms. The molecule has 2 amide bonds. The molecule has 0 aliphatic rings. The Morgan fingerprint density at radius 2 is 1.71 bits per heavy atom. The van der Waals surface area contributed by atoms with Gasteiger partial charge in [-0.25, -0.2) is 4.98 Å². The highest BCUT2D eigenvalue weighted by Crippen LogP contribution is 2.30. The van der Waals surface area contributed by atoms with Crippen LogP contribution in [0.25, 0.3) is 0 Å². The van der Waals surface area contributed by atoms with Crippen LogP contribution in [0.5, 0.6) is 0 Å². The largest absolute Gasteiger partial charge is 0.481 e. The predicted molar refractivity (Wildman–Crippen MR) is 186 cm³/mol. The minimum atomic E-state index is -1.02.